The Labute approximate surface area is 139 Å². The molecule has 2 aromatic rings. The molecule has 2 unspecified atom stereocenters. The lowest BCUT2D eigenvalue weighted by Crippen LogP contribution is -2.23. The van der Waals surface area contributed by atoms with Crippen molar-refractivity contribution in [2.45, 2.75) is 44.1 Å². The van der Waals surface area contributed by atoms with Gasteiger partial charge in [0.25, 0.3) is 0 Å². The number of hydrogen-bond acceptors (Lipinski definition) is 4. The van der Waals surface area contributed by atoms with Crippen LogP contribution in [-0.2, 0) is 4.79 Å². The van der Waals surface area contributed by atoms with Crippen molar-refractivity contribution >= 4 is 45.6 Å². The van der Waals surface area contributed by atoms with Crippen molar-refractivity contribution in [2.75, 3.05) is 5.32 Å². The molecule has 2 atom stereocenters. The Morgan fingerprint density at radius 3 is 2.77 bits per heavy atom. The minimum absolute atomic E-state index is 0. The number of nitrogens with two attached hydrogens (primary N) is 1. The van der Waals surface area contributed by atoms with E-state index < -0.39 is 0 Å². The van der Waals surface area contributed by atoms with Crippen LogP contribution in [0.25, 0.3) is 10.2 Å². The molecular formula is C16H20ClN3OS. The van der Waals surface area contributed by atoms with Gasteiger partial charge >= 0.3 is 0 Å². The Balaban J connectivity index is 0.00000144. The minimum atomic E-state index is 0. The molecule has 0 bridgehead atoms. The monoisotopic (exact) mass is 337 g/mol. The number of amides is 1. The lowest BCUT2D eigenvalue weighted by molar-refractivity contribution is -0.119. The number of benzene rings is 1. The van der Waals surface area contributed by atoms with Gasteiger partial charge in [0.15, 0.2) is 0 Å². The topological polar surface area (TPSA) is 68.0 Å². The summed E-state index contributed by atoms with van der Waals surface area (Å²) in [5, 5.41) is 4.28. The average Bonchev–Trinajstić information content (AvgIpc) is 3.09. The molecule has 118 valence electrons. The Morgan fingerprint density at radius 1 is 1.27 bits per heavy atom. The molecule has 0 radical (unpaired) electrons. The molecule has 2 aliphatic carbocycles. The summed E-state index contributed by atoms with van der Waals surface area (Å²) in [6.07, 6.45) is 5.20. The van der Waals surface area contributed by atoms with Gasteiger partial charge in [0.05, 0.1) is 15.2 Å². The van der Waals surface area contributed by atoms with Crippen LogP contribution in [0.1, 0.15) is 43.0 Å². The van der Waals surface area contributed by atoms with Crippen LogP contribution < -0.4 is 11.1 Å². The van der Waals surface area contributed by atoms with Gasteiger partial charge in [-0.1, -0.05) is 0 Å². The third kappa shape index (κ3) is 3.12. The molecule has 2 aliphatic rings. The maximum atomic E-state index is 12.2. The van der Waals surface area contributed by atoms with Gasteiger partial charge < -0.3 is 11.1 Å². The normalized spacial score (nSPS) is 24.2. The highest BCUT2D eigenvalue weighted by atomic mass is 35.5. The Bertz CT molecular complexity index is 698. The summed E-state index contributed by atoms with van der Waals surface area (Å²) in [4.78, 5) is 16.9. The van der Waals surface area contributed by atoms with E-state index in [1.807, 2.05) is 18.2 Å². The molecule has 0 saturated heterocycles. The van der Waals surface area contributed by atoms with Crippen LogP contribution in [0.15, 0.2) is 18.2 Å². The highest BCUT2D eigenvalue weighted by molar-refractivity contribution is 7.18. The maximum Gasteiger partial charge on any atom is 0.227 e. The third-order valence-electron chi connectivity index (χ3n) is 4.44. The fourth-order valence-electron chi connectivity index (χ4n) is 3.02. The molecule has 1 heterocycles. The van der Waals surface area contributed by atoms with Gasteiger partial charge in [-0.05, 0) is 50.3 Å². The molecule has 6 heteroatoms. The number of anilines is 1. The van der Waals surface area contributed by atoms with E-state index in [0.717, 1.165) is 35.2 Å². The number of carbonyl (C=O) groups is 1. The SMILES string of the molecule is Cl.NC1CCC(C(=O)Nc2ccc3nc(C4CC4)sc3c2)C1. The van der Waals surface area contributed by atoms with Crippen LogP contribution in [0.3, 0.4) is 0 Å². The molecule has 2 fully saturated rings. The van der Waals surface area contributed by atoms with E-state index in [4.69, 9.17) is 5.73 Å². The largest absolute Gasteiger partial charge is 0.328 e. The van der Waals surface area contributed by atoms with E-state index >= 15 is 0 Å². The molecule has 4 nitrogen and oxygen atoms in total. The van der Waals surface area contributed by atoms with E-state index in [2.05, 4.69) is 10.3 Å². The summed E-state index contributed by atoms with van der Waals surface area (Å²) in [6, 6.07) is 6.19. The molecule has 1 aromatic heterocycles. The molecule has 22 heavy (non-hydrogen) atoms. The summed E-state index contributed by atoms with van der Waals surface area (Å²) in [5.74, 6) is 0.855. The fourth-order valence-corrected chi connectivity index (χ4v) is 4.20. The molecule has 1 aromatic carbocycles. The minimum Gasteiger partial charge on any atom is -0.328 e. The van der Waals surface area contributed by atoms with Gasteiger partial charge in [0.2, 0.25) is 5.91 Å². The van der Waals surface area contributed by atoms with Crippen LogP contribution in [-0.4, -0.2) is 16.9 Å². The quantitative estimate of drug-likeness (QED) is 0.898. The Kier molecular flexibility index (Phi) is 4.39. The number of halogens is 1. The molecular weight excluding hydrogens is 318 g/mol. The van der Waals surface area contributed by atoms with Gasteiger partial charge in [0.1, 0.15) is 0 Å². The van der Waals surface area contributed by atoms with Crippen molar-refractivity contribution in [1.82, 2.24) is 4.98 Å². The van der Waals surface area contributed by atoms with Crippen molar-refractivity contribution in [2.24, 2.45) is 11.7 Å². The van der Waals surface area contributed by atoms with E-state index in [0.29, 0.717) is 5.92 Å². The summed E-state index contributed by atoms with van der Waals surface area (Å²) >= 11 is 1.76. The number of carbonyl (C=O) groups excluding carboxylic acids is 1. The lowest BCUT2D eigenvalue weighted by atomic mass is 10.1. The van der Waals surface area contributed by atoms with Crippen LogP contribution >= 0.6 is 23.7 Å². The van der Waals surface area contributed by atoms with Crippen LogP contribution in [0.5, 0.6) is 0 Å². The van der Waals surface area contributed by atoms with E-state index in [1.165, 1.54) is 17.8 Å². The Hall–Kier alpha value is -1.17. The summed E-state index contributed by atoms with van der Waals surface area (Å²) < 4.78 is 1.16. The molecule has 0 aliphatic heterocycles. The van der Waals surface area contributed by atoms with Crippen molar-refractivity contribution in [3.05, 3.63) is 23.2 Å². The summed E-state index contributed by atoms with van der Waals surface area (Å²) in [7, 11) is 0. The van der Waals surface area contributed by atoms with Crippen molar-refractivity contribution in [3.63, 3.8) is 0 Å². The number of nitrogens with one attached hydrogen (secondary N) is 1. The molecule has 1 amide bonds. The van der Waals surface area contributed by atoms with E-state index in [-0.39, 0.29) is 30.3 Å². The maximum absolute atomic E-state index is 12.2. The summed E-state index contributed by atoms with van der Waals surface area (Å²) in [5.41, 5.74) is 7.80. The predicted octanol–water partition coefficient (Wildman–Crippen LogP) is 3.66. The van der Waals surface area contributed by atoms with Crippen molar-refractivity contribution in [3.8, 4) is 0 Å². The lowest BCUT2D eigenvalue weighted by Gasteiger charge is -2.10. The van der Waals surface area contributed by atoms with Gasteiger partial charge in [-0.25, -0.2) is 4.98 Å². The van der Waals surface area contributed by atoms with Gasteiger partial charge in [-0.3, -0.25) is 4.79 Å². The van der Waals surface area contributed by atoms with Crippen LogP contribution in [0, 0.1) is 5.92 Å². The van der Waals surface area contributed by atoms with E-state index in [1.54, 1.807) is 11.3 Å². The molecule has 4 rings (SSSR count). The second-order valence-electron chi connectivity index (χ2n) is 6.27. The smallest absolute Gasteiger partial charge is 0.227 e. The van der Waals surface area contributed by atoms with Crippen molar-refractivity contribution in [1.29, 1.82) is 0 Å². The van der Waals surface area contributed by atoms with Crippen LogP contribution in [0.4, 0.5) is 5.69 Å². The number of thiazole rings is 1. The number of hydrogen-bond donors (Lipinski definition) is 2. The predicted molar refractivity (Wildman–Crippen MR) is 92.8 cm³/mol. The number of rotatable bonds is 3. The first-order valence-corrected chi connectivity index (χ1v) is 8.47. The first-order chi connectivity index (χ1) is 10.2. The second kappa shape index (κ2) is 6.14. The zero-order valence-electron chi connectivity index (χ0n) is 12.2. The highest BCUT2D eigenvalue weighted by Gasteiger charge is 2.28. The van der Waals surface area contributed by atoms with Crippen LogP contribution in [0.2, 0.25) is 0 Å². The fraction of sp³-hybridized carbons (Fsp3) is 0.500. The molecule has 3 N–H and O–H groups in total. The average molecular weight is 338 g/mol. The van der Waals surface area contributed by atoms with Gasteiger partial charge in [-0.2, -0.15) is 0 Å². The first-order valence-electron chi connectivity index (χ1n) is 7.66. The van der Waals surface area contributed by atoms with Gasteiger partial charge in [-0.15, -0.1) is 23.7 Å². The highest BCUT2D eigenvalue weighted by Crippen LogP contribution is 2.43. The zero-order valence-corrected chi connectivity index (χ0v) is 13.9. The Morgan fingerprint density at radius 2 is 2.09 bits per heavy atom. The third-order valence-corrected chi connectivity index (χ3v) is 5.62. The number of fused-ring (bicyclic) bond motifs is 1. The van der Waals surface area contributed by atoms with Gasteiger partial charge in [0, 0.05) is 23.6 Å². The molecule has 0 spiro atoms. The number of nitrogens with zero attached hydrogens (tertiary/aromatic N) is 1. The summed E-state index contributed by atoms with van der Waals surface area (Å²) in [6.45, 7) is 0. The standard InChI is InChI=1S/C16H19N3OS.ClH/c17-11-4-3-10(7-11)15(20)18-12-5-6-13-14(8-12)21-16(19-13)9-1-2-9;/h5-6,8-11H,1-4,7,17H2,(H,18,20);1H. The molecule has 2 saturated carbocycles. The number of aromatic nitrogens is 1. The second-order valence-corrected chi connectivity index (χ2v) is 7.33. The van der Waals surface area contributed by atoms with Crippen molar-refractivity contribution < 1.29 is 4.79 Å². The zero-order chi connectivity index (χ0) is 14.4. The van der Waals surface area contributed by atoms with E-state index in [9.17, 15) is 4.79 Å². The first kappa shape index (κ1) is 15.7.